The standard InChI is InChI=1S/C42H48N4O7/c1-30-41(39(47)48,20-23-45(3)29-34-10-5-4-6-11-34)38(36-14-7-15-37(27-36)46(51)52)42(40(49)50,31(2)44-30)21-25-53-24-9-13-32-16-18-33(19-17-32)26-35-12-8-22-43-28-35/h4-19,22,27-28,30-31,38,44H,20-21,23-26,29H2,1-3H3,(H,47,48)(H,49,50)/b13-9+. The van der Waals surface area contributed by atoms with Crippen molar-refractivity contribution in [1.82, 2.24) is 15.2 Å². The van der Waals surface area contributed by atoms with E-state index in [2.05, 4.69) is 22.4 Å². The van der Waals surface area contributed by atoms with Crippen molar-refractivity contribution in [2.24, 2.45) is 10.8 Å². The smallest absolute Gasteiger partial charge is 0.311 e. The number of benzene rings is 3. The van der Waals surface area contributed by atoms with E-state index < -0.39 is 45.7 Å². The molecule has 3 aromatic carbocycles. The fourth-order valence-corrected chi connectivity index (χ4v) is 8.01. The van der Waals surface area contributed by atoms with Gasteiger partial charge in [0, 0.05) is 55.7 Å². The predicted octanol–water partition coefficient (Wildman–Crippen LogP) is 6.83. The minimum atomic E-state index is -1.69. The van der Waals surface area contributed by atoms with Crippen LogP contribution in [0.3, 0.4) is 0 Å². The van der Waals surface area contributed by atoms with Crippen LogP contribution in [0.2, 0.25) is 0 Å². The molecule has 1 aliphatic rings. The molecule has 278 valence electrons. The second kappa shape index (κ2) is 17.5. The average Bonchev–Trinajstić information content (AvgIpc) is 3.14. The van der Waals surface area contributed by atoms with E-state index in [0.717, 1.165) is 28.7 Å². The molecule has 2 heterocycles. The van der Waals surface area contributed by atoms with E-state index in [1.807, 2.05) is 84.9 Å². The lowest BCUT2D eigenvalue weighted by atomic mass is 9.49. The number of carbonyl (C=O) groups is 2. The number of rotatable bonds is 17. The summed E-state index contributed by atoms with van der Waals surface area (Å²) in [5.74, 6) is -3.48. The van der Waals surface area contributed by atoms with Crippen LogP contribution in [0.25, 0.3) is 6.08 Å². The molecule has 1 aliphatic heterocycles. The Bertz CT molecular complexity index is 1870. The number of aliphatic carboxylic acids is 2. The zero-order chi connectivity index (χ0) is 38.0. The van der Waals surface area contributed by atoms with Crippen molar-refractivity contribution in [3.63, 3.8) is 0 Å². The van der Waals surface area contributed by atoms with Crippen LogP contribution in [0, 0.1) is 20.9 Å². The third-order valence-electron chi connectivity index (χ3n) is 10.8. The number of piperidine rings is 1. The van der Waals surface area contributed by atoms with Crippen LogP contribution >= 0.6 is 0 Å². The lowest BCUT2D eigenvalue weighted by Gasteiger charge is -2.57. The highest BCUT2D eigenvalue weighted by Gasteiger charge is 2.66. The van der Waals surface area contributed by atoms with Gasteiger partial charge in [0.05, 0.1) is 22.4 Å². The van der Waals surface area contributed by atoms with Gasteiger partial charge in [-0.3, -0.25) is 24.7 Å². The summed E-state index contributed by atoms with van der Waals surface area (Å²) in [6.07, 6.45) is 8.24. The molecule has 0 saturated carbocycles. The number of nitro benzene ring substituents is 1. The normalized spacial score (nSPS) is 22.9. The number of carboxylic acids is 2. The Hall–Kier alpha value is -5.23. The molecule has 11 heteroatoms. The molecule has 5 rings (SSSR count). The Morgan fingerprint density at radius 2 is 1.58 bits per heavy atom. The lowest BCUT2D eigenvalue weighted by Crippen LogP contribution is -2.70. The van der Waals surface area contributed by atoms with E-state index in [4.69, 9.17) is 4.74 Å². The van der Waals surface area contributed by atoms with Crippen LogP contribution in [-0.4, -0.2) is 75.8 Å². The summed E-state index contributed by atoms with van der Waals surface area (Å²) >= 11 is 0. The molecule has 1 saturated heterocycles. The van der Waals surface area contributed by atoms with E-state index in [1.54, 1.807) is 26.1 Å². The van der Waals surface area contributed by atoms with Gasteiger partial charge in [-0.1, -0.05) is 84.9 Å². The number of nitro groups is 1. The Labute approximate surface area is 310 Å². The van der Waals surface area contributed by atoms with E-state index in [9.17, 15) is 29.9 Å². The van der Waals surface area contributed by atoms with Gasteiger partial charge < -0.3 is 25.2 Å². The van der Waals surface area contributed by atoms with Gasteiger partial charge in [-0.25, -0.2) is 0 Å². The fraction of sp³-hybridized carbons (Fsp3) is 0.357. The van der Waals surface area contributed by atoms with Crippen LogP contribution in [0.15, 0.2) is 109 Å². The van der Waals surface area contributed by atoms with E-state index in [1.165, 1.54) is 18.2 Å². The van der Waals surface area contributed by atoms with Crippen LogP contribution < -0.4 is 5.32 Å². The molecular weight excluding hydrogens is 672 g/mol. The summed E-state index contributed by atoms with van der Waals surface area (Å²) in [4.78, 5) is 45.0. The van der Waals surface area contributed by atoms with E-state index in [-0.39, 0.29) is 31.7 Å². The maximum atomic E-state index is 13.7. The quantitative estimate of drug-likeness (QED) is 0.0601. The molecule has 53 heavy (non-hydrogen) atoms. The van der Waals surface area contributed by atoms with Gasteiger partial charge >= 0.3 is 11.9 Å². The summed E-state index contributed by atoms with van der Waals surface area (Å²) in [6.45, 7) is 4.66. The van der Waals surface area contributed by atoms with Crippen molar-refractivity contribution in [2.75, 3.05) is 26.8 Å². The molecular formula is C42H48N4O7. The summed E-state index contributed by atoms with van der Waals surface area (Å²) < 4.78 is 6.00. The Morgan fingerprint density at radius 1 is 0.906 bits per heavy atom. The van der Waals surface area contributed by atoms with E-state index >= 15 is 0 Å². The second-order valence-electron chi connectivity index (χ2n) is 14.1. The number of ether oxygens (including phenoxy) is 1. The third kappa shape index (κ3) is 8.88. The molecule has 5 atom stereocenters. The van der Waals surface area contributed by atoms with Crippen molar-refractivity contribution in [3.8, 4) is 0 Å². The van der Waals surface area contributed by atoms with Gasteiger partial charge in [0.15, 0.2) is 0 Å². The summed E-state index contributed by atoms with van der Waals surface area (Å²) in [6, 6.07) is 26.3. The third-order valence-corrected chi connectivity index (χ3v) is 10.8. The van der Waals surface area contributed by atoms with Gasteiger partial charge in [-0.15, -0.1) is 0 Å². The maximum absolute atomic E-state index is 13.7. The first-order chi connectivity index (χ1) is 25.5. The number of pyridine rings is 1. The number of hydrogen-bond donors (Lipinski definition) is 3. The van der Waals surface area contributed by atoms with Gasteiger partial charge in [-0.05, 0) is 80.6 Å². The molecule has 0 aliphatic carbocycles. The first kappa shape index (κ1) is 39.0. The number of nitrogens with one attached hydrogen (secondary N) is 1. The molecule has 0 radical (unpaired) electrons. The fourth-order valence-electron chi connectivity index (χ4n) is 8.01. The van der Waals surface area contributed by atoms with Gasteiger partial charge in [0.25, 0.3) is 5.69 Å². The number of non-ortho nitro benzene ring substituents is 1. The molecule has 5 unspecified atom stereocenters. The molecule has 0 spiro atoms. The first-order valence-electron chi connectivity index (χ1n) is 17.9. The van der Waals surface area contributed by atoms with Crippen molar-refractivity contribution in [1.29, 1.82) is 0 Å². The highest BCUT2D eigenvalue weighted by atomic mass is 16.6. The number of nitrogens with zero attached hydrogens (tertiary/aromatic N) is 3. The van der Waals surface area contributed by atoms with E-state index in [0.29, 0.717) is 18.7 Å². The second-order valence-corrected chi connectivity index (χ2v) is 14.1. The lowest BCUT2D eigenvalue weighted by molar-refractivity contribution is -0.385. The maximum Gasteiger partial charge on any atom is 0.311 e. The largest absolute Gasteiger partial charge is 0.481 e. The molecule has 1 fully saturated rings. The van der Waals surface area contributed by atoms with Crippen LogP contribution in [-0.2, 0) is 27.3 Å². The highest BCUT2D eigenvalue weighted by molar-refractivity contribution is 5.84. The number of carboxylic acid groups (broad SMARTS) is 2. The monoisotopic (exact) mass is 720 g/mol. The molecule has 0 amide bonds. The van der Waals surface area contributed by atoms with Gasteiger partial charge in [-0.2, -0.15) is 0 Å². The SMILES string of the molecule is CC1NC(C)C(CCN(C)Cc2ccccc2)(C(=O)O)C(c2cccc([N+](=O)[O-])c2)C1(CCOC/C=C/c1ccc(Cc2cccnc2)cc1)C(=O)O. The summed E-state index contributed by atoms with van der Waals surface area (Å²) in [7, 11) is 1.90. The topological polar surface area (TPSA) is 155 Å². The predicted molar refractivity (Wildman–Crippen MR) is 203 cm³/mol. The molecule has 3 N–H and O–H groups in total. The zero-order valence-corrected chi connectivity index (χ0v) is 30.4. The van der Waals surface area contributed by atoms with Crippen molar-refractivity contribution in [3.05, 3.63) is 147 Å². The zero-order valence-electron chi connectivity index (χ0n) is 30.4. The van der Waals surface area contributed by atoms with Crippen LogP contribution in [0.4, 0.5) is 5.69 Å². The highest BCUT2D eigenvalue weighted by Crippen LogP contribution is 2.58. The van der Waals surface area contributed by atoms with Gasteiger partial charge in [0.2, 0.25) is 0 Å². The minimum Gasteiger partial charge on any atom is -0.481 e. The molecule has 1 aromatic heterocycles. The first-order valence-corrected chi connectivity index (χ1v) is 17.9. The average molecular weight is 721 g/mol. The number of aromatic nitrogens is 1. The number of hydrogen-bond acceptors (Lipinski definition) is 8. The Balaban J connectivity index is 1.39. The molecule has 0 bridgehead atoms. The summed E-state index contributed by atoms with van der Waals surface area (Å²) in [5.41, 5.74) is 1.08. The van der Waals surface area contributed by atoms with Crippen molar-refractivity contribution in [2.45, 2.75) is 57.7 Å². The molecule has 11 nitrogen and oxygen atoms in total. The Kier molecular flexibility index (Phi) is 12.9. The van der Waals surface area contributed by atoms with Crippen molar-refractivity contribution < 1.29 is 29.5 Å². The summed E-state index contributed by atoms with van der Waals surface area (Å²) in [5, 5.41) is 37.6. The van der Waals surface area contributed by atoms with Crippen molar-refractivity contribution >= 4 is 23.7 Å². The van der Waals surface area contributed by atoms with Gasteiger partial charge in [0.1, 0.15) is 0 Å². The minimum absolute atomic E-state index is 0.0239. The molecule has 4 aromatic rings. The van der Waals surface area contributed by atoms with Crippen LogP contribution in [0.5, 0.6) is 0 Å². The van der Waals surface area contributed by atoms with Crippen LogP contribution in [0.1, 0.15) is 60.4 Å². The Morgan fingerprint density at radius 3 is 2.23 bits per heavy atom.